The summed E-state index contributed by atoms with van der Waals surface area (Å²) in [5, 5.41) is 0.753. The molecule has 0 saturated heterocycles. The molecule has 0 aliphatic carbocycles. The Labute approximate surface area is 224 Å². The summed E-state index contributed by atoms with van der Waals surface area (Å²) >= 11 is 6.93. The average molecular weight is 504 g/mol. The topological polar surface area (TPSA) is 12.5 Å². The zero-order chi connectivity index (χ0) is 25.4. The van der Waals surface area contributed by atoms with Crippen molar-refractivity contribution in [3.63, 3.8) is 0 Å². The number of hydrogen-bond donors (Lipinski definition) is 0. The van der Waals surface area contributed by atoms with Crippen molar-refractivity contribution in [2.75, 3.05) is 26.2 Å². The highest BCUT2D eigenvalue weighted by Crippen LogP contribution is 2.35. The first-order valence-corrected chi connectivity index (χ1v) is 14.1. The first kappa shape index (κ1) is 28.0. The van der Waals surface area contributed by atoms with Gasteiger partial charge in [-0.25, -0.2) is 0 Å². The number of rotatable bonds is 16. The van der Waals surface area contributed by atoms with Crippen molar-refractivity contribution in [2.45, 2.75) is 58.8 Å². The highest BCUT2D eigenvalue weighted by molar-refractivity contribution is 6.53. The van der Waals surface area contributed by atoms with Gasteiger partial charge in [-0.15, -0.1) is 0 Å². The van der Waals surface area contributed by atoms with Gasteiger partial charge >= 0.3 is 0 Å². The summed E-state index contributed by atoms with van der Waals surface area (Å²) in [6.07, 6.45) is 9.02. The van der Waals surface area contributed by atoms with E-state index in [1.807, 2.05) is 36.4 Å². The Balaban J connectivity index is 1.46. The fourth-order valence-corrected chi connectivity index (χ4v) is 4.87. The lowest BCUT2D eigenvalue weighted by Gasteiger charge is -2.17. The second-order valence-electron chi connectivity index (χ2n) is 9.30. The molecule has 0 fully saturated rings. The van der Waals surface area contributed by atoms with Crippen LogP contribution in [-0.4, -0.2) is 31.1 Å². The third kappa shape index (κ3) is 9.15. The van der Waals surface area contributed by atoms with E-state index in [1.54, 1.807) is 0 Å². The highest BCUT2D eigenvalue weighted by atomic mass is 35.5. The van der Waals surface area contributed by atoms with Crippen molar-refractivity contribution in [1.29, 1.82) is 0 Å². The molecule has 0 aromatic heterocycles. The molecule has 0 aliphatic heterocycles. The van der Waals surface area contributed by atoms with Crippen LogP contribution in [0.2, 0.25) is 0 Å². The average Bonchev–Trinajstić information content (AvgIpc) is 2.94. The van der Waals surface area contributed by atoms with E-state index < -0.39 is 0 Å². The fourth-order valence-electron chi connectivity index (χ4n) is 4.52. The molecule has 0 N–H and O–H groups in total. The smallest absolute Gasteiger partial charge is 0.119 e. The standard InChI is InChI=1S/C33H42ClNO/c1-3-35(4-2)26-16-8-6-5-7-9-17-27-36-31-24-22-29(23-25-31)32(28-18-12-10-13-19-28)33(34)30-20-14-11-15-21-30/h10-15,18-25H,3-9,16-17,26-27H2,1-2H3/b33-32-. The predicted octanol–water partition coefficient (Wildman–Crippen LogP) is 9.29. The molecule has 0 radical (unpaired) electrons. The number of halogens is 1. The van der Waals surface area contributed by atoms with E-state index in [-0.39, 0.29) is 0 Å². The SMILES string of the molecule is CCN(CC)CCCCCCCCCOc1ccc(/C(=C(\Cl)c2ccccc2)c2ccccc2)cc1. The largest absolute Gasteiger partial charge is 0.494 e. The highest BCUT2D eigenvalue weighted by Gasteiger charge is 2.12. The van der Waals surface area contributed by atoms with Crippen LogP contribution in [0.5, 0.6) is 5.75 Å². The van der Waals surface area contributed by atoms with Crippen molar-refractivity contribution >= 4 is 22.2 Å². The Bertz CT molecular complexity index is 1010. The van der Waals surface area contributed by atoms with Gasteiger partial charge in [-0.1, -0.05) is 130 Å². The summed E-state index contributed by atoms with van der Waals surface area (Å²) in [7, 11) is 0. The number of ether oxygens (including phenoxy) is 1. The molecule has 36 heavy (non-hydrogen) atoms. The van der Waals surface area contributed by atoms with Crippen LogP contribution in [0.4, 0.5) is 0 Å². The number of benzene rings is 3. The summed E-state index contributed by atoms with van der Waals surface area (Å²) in [5.41, 5.74) is 4.24. The van der Waals surface area contributed by atoms with E-state index in [1.165, 1.54) is 58.2 Å². The lowest BCUT2D eigenvalue weighted by molar-refractivity contribution is 0.293. The van der Waals surface area contributed by atoms with Crippen LogP contribution in [0.25, 0.3) is 10.6 Å². The quantitative estimate of drug-likeness (QED) is 0.142. The van der Waals surface area contributed by atoms with Crippen LogP contribution in [0, 0.1) is 0 Å². The van der Waals surface area contributed by atoms with E-state index in [9.17, 15) is 0 Å². The van der Waals surface area contributed by atoms with Crippen molar-refractivity contribution in [2.24, 2.45) is 0 Å². The minimum atomic E-state index is 0.753. The lowest BCUT2D eigenvalue weighted by Crippen LogP contribution is -2.23. The molecule has 3 rings (SSSR count). The minimum absolute atomic E-state index is 0.753. The lowest BCUT2D eigenvalue weighted by atomic mass is 9.95. The Kier molecular flexibility index (Phi) is 12.6. The monoisotopic (exact) mass is 503 g/mol. The summed E-state index contributed by atoms with van der Waals surface area (Å²) in [6, 6.07) is 28.8. The Morgan fingerprint density at radius 2 is 1.11 bits per heavy atom. The number of hydrogen-bond acceptors (Lipinski definition) is 2. The van der Waals surface area contributed by atoms with Gasteiger partial charge in [-0.3, -0.25) is 0 Å². The van der Waals surface area contributed by atoms with Gasteiger partial charge < -0.3 is 9.64 Å². The van der Waals surface area contributed by atoms with Crippen LogP contribution >= 0.6 is 11.6 Å². The molecule has 3 aromatic rings. The Hall–Kier alpha value is -2.55. The zero-order valence-corrected chi connectivity index (χ0v) is 22.9. The summed E-state index contributed by atoms with van der Waals surface area (Å²) in [5.74, 6) is 0.915. The Morgan fingerprint density at radius 3 is 1.69 bits per heavy atom. The summed E-state index contributed by atoms with van der Waals surface area (Å²) < 4.78 is 6.03. The molecule has 0 heterocycles. The molecule has 3 heteroatoms. The second-order valence-corrected chi connectivity index (χ2v) is 9.67. The van der Waals surface area contributed by atoms with Crippen molar-refractivity contribution in [3.05, 3.63) is 102 Å². The first-order valence-electron chi connectivity index (χ1n) is 13.7. The van der Waals surface area contributed by atoms with Gasteiger partial charge in [-0.2, -0.15) is 0 Å². The molecule has 0 amide bonds. The van der Waals surface area contributed by atoms with Crippen LogP contribution in [0.3, 0.4) is 0 Å². The van der Waals surface area contributed by atoms with E-state index >= 15 is 0 Å². The minimum Gasteiger partial charge on any atom is -0.494 e. The van der Waals surface area contributed by atoms with E-state index in [0.717, 1.165) is 46.1 Å². The fraction of sp³-hybridized carbons (Fsp3) is 0.394. The van der Waals surface area contributed by atoms with Gasteiger partial charge in [-0.05, 0) is 61.3 Å². The molecule has 0 aliphatic rings. The molecule has 3 aromatic carbocycles. The van der Waals surface area contributed by atoms with Gasteiger partial charge in [0.1, 0.15) is 5.75 Å². The molecule has 0 spiro atoms. The van der Waals surface area contributed by atoms with Gasteiger partial charge in [0.15, 0.2) is 0 Å². The Morgan fingerprint density at radius 1 is 0.611 bits per heavy atom. The zero-order valence-electron chi connectivity index (χ0n) is 22.1. The van der Waals surface area contributed by atoms with E-state index in [0.29, 0.717) is 0 Å². The van der Waals surface area contributed by atoms with Crippen LogP contribution in [0.1, 0.15) is 75.5 Å². The summed E-state index contributed by atoms with van der Waals surface area (Å²) in [6.45, 7) is 8.87. The predicted molar refractivity (Wildman–Crippen MR) is 157 cm³/mol. The third-order valence-corrected chi connectivity index (χ3v) is 7.14. The van der Waals surface area contributed by atoms with Crippen LogP contribution in [0.15, 0.2) is 84.9 Å². The second kappa shape index (κ2) is 16.2. The van der Waals surface area contributed by atoms with Crippen molar-refractivity contribution < 1.29 is 4.74 Å². The van der Waals surface area contributed by atoms with E-state index in [2.05, 4.69) is 67.3 Å². The third-order valence-electron chi connectivity index (χ3n) is 6.73. The molecular formula is C33H42ClNO. The first-order chi connectivity index (χ1) is 17.7. The van der Waals surface area contributed by atoms with Gasteiger partial charge in [0, 0.05) is 5.57 Å². The van der Waals surface area contributed by atoms with E-state index in [4.69, 9.17) is 16.3 Å². The molecular weight excluding hydrogens is 462 g/mol. The van der Waals surface area contributed by atoms with Crippen LogP contribution < -0.4 is 4.74 Å². The number of nitrogens with zero attached hydrogens (tertiary/aromatic N) is 1. The molecule has 0 bridgehead atoms. The molecule has 2 nitrogen and oxygen atoms in total. The molecule has 0 atom stereocenters. The molecule has 192 valence electrons. The van der Waals surface area contributed by atoms with Crippen molar-refractivity contribution in [3.8, 4) is 5.75 Å². The maximum Gasteiger partial charge on any atom is 0.119 e. The maximum absolute atomic E-state index is 6.93. The maximum atomic E-state index is 6.93. The number of unbranched alkanes of at least 4 members (excludes halogenated alkanes) is 6. The van der Waals surface area contributed by atoms with Crippen molar-refractivity contribution in [1.82, 2.24) is 4.90 Å². The molecule has 0 saturated carbocycles. The summed E-state index contributed by atoms with van der Waals surface area (Å²) in [4.78, 5) is 2.51. The van der Waals surface area contributed by atoms with Gasteiger partial charge in [0.25, 0.3) is 0 Å². The molecule has 0 unspecified atom stereocenters. The normalized spacial score (nSPS) is 12.0. The van der Waals surface area contributed by atoms with Gasteiger partial charge in [0.2, 0.25) is 0 Å². The van der Waals surface area contributed by atoms with Gasteiger partial charge in [0.05, 0.1) is 11.6 Å². The van der Waals surface area contributed by atoms with Crippen LogP contribution in [-0.2, 0) is 0 Å².